The van der Waals surface area contributed by atoms with Crippen molar-refractivity contribution in [1.82, 2.24) is 15.4 Å². The molecule has 0 atom stereocenters. The predicted octanol–water partition coefficient (Wildman–Crippen LogP) is 2.79. The molecule has 1 aromatic heterocycles. The third-order valence-corrected chi connectivity index (χ3v) is 4.60. The topological polar surface area (TPSA) is 130 Å². The number of rotatable bonds is 5. The van der Waals surface area contributed by atoms with Crippen LogP contribution in [-0.4, -0.2) is 27.0 Å². The molecule has 0 spiro atoms. The Labute approximate surface area is 169 Å². The van der Waals surface area contributed by atoms with Gasteiger partial charge in [-0.05, 0) is 43.2 Å². The number of aryl methyl sites for hydroxylation is 2. The summed E-state index contributed by atoms with van der Waals surface area (Å²) in [7, 11) is 0. The van der Waals surface area contributed by atoms with Crippen molar-refractivity contribution in [2.24, 2.45) is 5.10 Å². The molecule has 0 radical (unpaired) electrons. The number of hydrogen-bond acceptors (Lipinski definition) is 6. The summed E-state index contributed by atoms with van der Waals surface area (Å²) in [6, 6.07) is 7.79. The van der Waals surface area contributed by atoms with E-state index >= 15 is 0 Å². The highest BCUT2D eigenvalue weighted by Gasteiger charge is 2.13. The van der Waals surface area contributed by atoms with Gasteiger partial charge in [0.05, 0.1) is 28.6 Å². The summed E-state index contributed by atoms with van der Waals surface area (Å²) in [4.78, 5) is 41.6. The van der Waals surface area contributed by atoms with Gasteiger partial charge in [0.15, 0.2) is 0 Å². The van der Waals surface area contributed by atoms with Crippen LogP contribution in [0.2, 0.25) is 5.02 Å². The number of carbonyl (C=O) groups is 1. The fourth-order valence-electron chi connectivity index (χ4n) is 2.62. The first-order chi connectivity index (χ1) is 13.7. The van der Waals surface area contributed by atoms with Gasteiger partial charge in [-0.1, -0.05) is 17.7 Å². The quantitative estimate of drug-likeness (QED) is 0.377. The third-order valence-electron chi connectivity index (χ3n) is 4.28. The molecule has 0 saturated carbocycles. The molecule has 1 amide bonds. The number of nitro groups is 1. The van der Waals surface area contributed by atoms with E-state index in [0.717, 1.165) is 11.1 Å². The molecule has 0 aliphatic carbocycles. The molecule has 0 aliphatic rings. The Morgan fingerprint density at radius 2 is 2.03 bits per heavy atom. The van der Waals surface area contributed by atoms with Gasteiger partial charge in [-0.25, -0.2) is 10.4 Å². The van der Waals surface area contributed by atoms with Gasteiger partial charge in [0.2, 0.25) is 5.91 Å². The summed E-state index contributed by atoms with van der Waals surface area (Å²) in [5.41, 5.74) is 5.25. The number of hydrogen-bond donors (Lipinski definition) is 2. The summed E-state index contributed by atoms with van der Waals surface area (Å²) in [5, 5.41) is 14.6. The van der Waals surface area contributed by atoms with E-state index in [1.165, 1.54) is 24.4 Å². The van der Waals surface area contributed by atoms with E-state index in [0.29, 0.717) is 16.6 Å². The zero-order valence-corrected chi connectivity index (χ0v) is 16.3. The second-order valence-electron chi connectivity index (χ2n) is 6.40. The summed E-state index contributed by atoms with van der Waals surface area (Å²) >= 11 is 5.75. The number of H-pyrrole nitrogens is 1. The van der Waals surface area contributed by atoms with Crippen molar-refractivity contribution < 1.29 is 9.72 Å². The van der Waals surface area contributed by atoms with Crippen LogP contribution in [0.3, 0.4) is 0 Å². The molecule has 1 heterocycles. The smallest absolute Gasteiger partial charge is 0.288 e. The number of halogens is 1. The molecular formula is C19H16ClN5O4. The van der Waals surface area contributed by atoms with Gasteiger partial charge < -0.3 is 4.98 Å². The molecule has 2 N–H and O–H groups in total. The number of nitrogens with one attached hydrogen (secondary N) is 2. The van der Waals surface area contributed by atoms with Gasteiger partial charge in [-0.15, -0.1) is 0 Å². The maximum absolute atomic E-state index is 12.2. The second-order valence-corrected chi connectivity index (χ2v) is 6.81. The van der Waals surface area contributed by atoms with E-state index in [9.17, 15) is 19.7 Å². The number of hydrazone groups is 1. The minimum Gasteiger partial charge on any atom is -0.319 e. The molecule has 0 fully saturated rings. The lowest BCUT2D eigenvalue weighted by molar-refractivity contribution is -0.384. The highest BCUT2D eigenvalue weighted by molar-refractivity contribution is 6.32. The summed E-state index contributed by atoms with van der Waals surface area (Å²) < 4.78 is 0. The third kappa shape index (κ3) is 4.64. The average molecular weight is 414 g/mol. The minimum atomic E-state index is -0.612. The second kappa shape index (κ2) is 8.19. The van der Waals surface area contributed by atoms with Gasteiger partial charge in [-0.3, -0.25) is 19.7 Å². The molecule has 0 unspecified atom stereocenters. The number of nitro benzene ring substituents is 1. The highest BCUT2D eigenvalue weighted by Crippen LogP contribution is 2.24. The van der Waals surface area contributed by atoms with E-state index in [1.54, 1.807) is 0 Å². The molecule has 9 nitrogen and oxygen atoms in total. The van der Waals surface area contributed by atoms with Crippen molar-refractivity contribution in [3.63, 3.8) is 0 Å². The van der Waals surface area contributed by atoms with Crippen LogP contribution in [0.1, 0.15) is 22.4 Å². The molecule has 10 heteroatoms. The Morgan fingerprint density at radius 3 is 2.76 bits per heavy atom. The van der Waals surface area contributed by atoms with Crippen molar-refractivity contribution in [2.45, 2.75) is 20.3 Å². The zero-order valence-electron chi connectivity index (χ0n) is 15.5. The van der Waals surface area contributed by atoms with Crippen LogP contribution in [0, 0.1) is 24.0 Å². The SMILES string of the molecule is Cc1cc2nc(CC(=O)NN=Cc3ccc(Cl)c([N+](=O)[O-])c3)c(=O)[nH]c2cc1C. The van der Waals surface area contributed by atoms with Gasteiger partial charge >= 0.3 is 0 Å². The maximum Gasteiger partial charge on any atom is 0.288 e. The highest BCUT2D eigenvalue weighted by atomic mass is 35.5. The number of nitrogens with zero attached hydrogens (tertiary/aromatic N) is 3. The average Bonchev–Trinajstić information content (AvgIpc) is 2.65. The van der Waals surface area contributed by atoms with Crippen LogP contribution in [0.15, 0.2) is 40.2 Å². The molecule has 0 saturated heterocycles. The van der Waals surface area contributed by atoms with Crippen LogP contribution in [0.25, 0.3) is 11.0 Å². The van der Waals surface area contributed by atoms with E-state index in [-0.39, 0.29) is 22.8 Å². The van der Waals surface area contributed by atoms with Gasteiger partial charge in [0, 0.05) is 11.6 Å². The Morgan fingerprint density at radius 1 is 1.31 bits per heavy atom. The Balaban J connectivity index is 1.72. The molecule has 0 bridgehead atoms. The Bertz CT molecular complexity index is 1220. The van der Waals surface area contributed by atoms with Crippen LogP contribution < -0.4 is 11.0 Å². The number of carbonyl (C=O) groups excluding carboxylic acids is 1. The first-order valence-electron chi connectivity index (χ1n) is 8.50. The predicted molar refractivity (Wildman–Crippen MR) is 109 cm³/mol. The number of aromatic nitrogens is 2. The van der Waals surface area contributed by atoms with Crippen LogP contribution >= 0.6 is 11.6 Å². The van der Waals surface area contributed by atoms with Crippen molar-refractivity contribution in [1.29, 1.82) is 0 Å². The van der Waals surface area contributed by atoms with Crippen LogP contribution in [0.5, 0.6) is 0 Å². The largest absolute Gasteiger partial charge is 0.319 e. The standard InChI is InChI=1S/C19H16ClN5O4/c1-10-5-14-15(6-11(10)2)23-19(27)16(22-14)8-18(26)24-21-9-12-3-4-13(20)17(7-12)25(28)29/h3-7,9H,8H2,1-2H3,(H,23,27)(H,24,26). The molecule has 3 aromatic rings. The maximum atomic E-state index is 12.2. The summed E-state index contributed by atoms with van der Waals surface area (Å²) in [6.07, 6.45) is 0.974. The Hall–Kier alpha value is -3.59. The molecule has 3 rings (SSSR count). The zero-order chi connectivity index (χ0) is 21.1. The molecule has 148 valence electrons. The molecule has 2 aromatic carbocycles. The van der Waals surface area contributed by atoms with E-state index in [1.807, 2.05) is 26.0 Å². The lowest BCUT2D eigenvalue weighted by atomic mass is 10.1. The number of aromatic amines is 1. The van der Waals surface area contributed by atoms with Crippen molar-refractivity contribution >= 4 is 40.4 Å². The number of fused-ring (bicyclic) bond motifs is 1. The minimum absolute atomic E-state index is 0.00298. The normalized spacial score (nSPS) is 11.1. The summed E-state index contributed by atoms with van der Waals surface area (Å²) in [6.45, 7) is 3.87. The van der Waals surface area contributed by atoms with Crippen molar-refractivity contribution in [3.05, 3.63) is 78.2 Å². The molecule has 29 heavy (non-hydrogen) atoms. The lowest BCUT2D eigenvalue weighted by Gasteiger charge is -2.05. The van der Waals surface area contributed by atoms with Crippen molar-refractivity contribution in [3.8, 4) is 0 Å². The van der Waals surface area contributed by atoms with Crippen molar-refractivity contribution in [2.75, 3.05) is 0 Å². The first-order valence-corrected chi connectivity index (χ1v) is 8.88. The van der Waals surface area contributed by atoms with Gasteiger partial charge in [-0.2, -0.15) is 5.10 Å². The molecule has 0 aliphatic heterocycles. The first kappa shape index (κ1) is 20.2. The number of amides is 1. The number of benzene rings is 2. The lowest BCUT2D eigenvalue weighted by Crippen LogP contribution is -2.25. The van der Waals surface area contributed by atoms with E-state index in [4.69, 9.17) is 11.6 Å². The molecular weight excluding hydrogens is 398 g/mol. The Kier molecular flexibility index (Phi) is 5.69. The fraction of sp³-hybridized carbons (Fsp3) is 0.158. The van der Waals surface area contributed by atoms with Crippen LogP contribution in [-0.2, 0) is 11.2 Å². The summed E-state index contributed by atoms with van der Waals surface area (Å²) in [5.74, 6) is -0.550. The van der Waals surface area contributed by atoms with Crippen LogP contribution in [0.4, 0.5) is 5.69 Å². The van der Waals surface area contributed by atoms with Gasteiger partial charge in [0.1, 0.15) is 10.7 Å². The van der Waals surface area contributed by atoms with E-state index in [2.05, 4.69) is 20.5 Å². The monoisotopic (exact) mass is 413 g/mol. The van der Waals surface area contributed by atoms with Gasteiger partial charge in [0.25, 0.3) is 11.2 Å². The van der Waals surface area contributed by atoms with E-state index < -0.39 is 16.4 Å². The fourth-order valence-corrected chi connectivity index (χ4v) is 2.81.